The minimum absolute atomic E-state index is 0.279. The third-order valence-corrected chi connectivity index (χ3v) is 2.57. The van der Waals surface area contributed by atoms with Crippen LogP contribution in [0.3, 0.4) is 0 Å². The lowest BCUT2D eigenvalue weighted by atomic mass is 10.0. The van der Waals surface area contributed by atoms with Crippen LogP contribution in [0.2, 0.25) is 0 Å². The van der Waals surface area contributed by atoms with Crippen molar-refractivity contribution in [3.05, 3.63) is 35.9 Å². The van der Waals surface area contributed by atoms with Gasteiger partial charge in [0.05, 0.1) is 6.10 Å². The molecule has 2 N–H and O–H groups in total. The Balaban J connectivity index is 2.16. The highest BCUT2D eigenvalue weighted by atomic mass is 16.3. The molecule has 1 aromatic carbocycles. The van der Waals surface area contributed by atoms with Crippen molar-refractivity contribution in [3.63, 3.8) is 0 Å². The van der Waals surface area contributed by atoms with Crippen LogP contribution in [0.1, 0.15) is 43.8 Å². The number of benzene rings is 1. The zero-order chi connectivity index (χ0) is 10.9. The van der Waals surface area contributed by atoms with Gasteiger partial charge >= 0.3 is 0 Å². The summed E-state index contributed by atoms with van der Waals surface area (Å²) in [7, 11) is 0. The molecule has 0 radical (unpaired) electrons. The zero-order valence-electron chi connectivity index (χ0n) is 9.10. The summed E-state index contributed by atoms with van der Waals surface area (Å²) in [5.74, 6) is 0. The van der Waals surface area contributed by atoms with E-state index in [-0.39, 0.29) is 12.7 Å². The monoisotopic (exact) mass is 208 g/mol. The van der Waals surface area contributed by atoms with Gasteiger partial charge in [-0.25, -0.2) is 0 Å². The van der Waals surface area contributed by atoms with Gasteiger partial charge in [-0.2, -0.15) is 0 Å². The van der Waals surface area contributed by atoms with Gasteiger partial charge in [-0.1, -0.05) is 49.6 Å². The Morgan fingerprint density at radius 1 is 0.933 bits per heavy atom. The fraction of sp³-hybridized carbons (Fsp3) is 0.538. The second-order valence-electron chi connectivity index (χ2n) is 3.85. The molecule has 1 unspecified atom stereocenters. The molecule has 0 saturated heterocycles. The molecule has 15 heavy (non-hydrogen) atoms. The Labute approximate surface area is 91.6 Å². The van der Waals surface area contributed by atoms with Crippen molar-refractivity contribution >= 4 is 0 Å². The van der Waals surface area contributed by atoms with Gasteiger partial charge in [-0.3, -0.25) is 0 Å². The molecule has 0 aliphatic heterocycles. The van der Waals surface area contributed by atoms with Crippen molar-refractivity contribution in [1.82, 2.24) is 0 Å². The van der Waals surface area contributed by atoms with E-state index in [4.69, 9.17) is 5.11 Å². The molecule has 84 valence electrons. The maximum Gasteiger partial charge on any atom is 0.0790 e. The van der Waals surface area contributed by atoms with Crippen LogP contribution in [0.4, 0.5) is 0 Å². The molecule has 0 aliphatic rings. The van der Waals surface area contributed by atoms with Crippen LogP contribution in [-0.4, -0.2) is 16.8 Å². The number of hydrogen-bond donors (Lipinski definition) is 2. The molecule has 1 aromatic rings. The van der Waals surface area contributed by atoms with E-state index in [0.717, 1.165) is 37.7 Å². The van der Waals surface area contributed by atoms with E-state index in [1.54, 1.807) is 0 Å². The Hall–Kier alpha value is -0.860. The number of unbranched alkanes of at least 4 members (excludes halogenated alkanes) is 3. The summed E-state index contributed by atoms with van der Waals surface area (Å²) < 4.78 is 0. The molecule has 2 heteroatoms. The third kappa shape index (κ3) is 4.96. The van der Waals surface area contributed by atoms with E-state index in [2.05, 4.69) is 0 Å². The summed E-state index contributed by atoms with van der Waals surface area (Å²) in [6.07, 6.45) is 4.52. The average molecular weight is 208 g/mol. The highest BCUT2D eigenvalue weighted by Crippen LogP contribution is 2.19. The first-order valence-corrected chi connectivity index (χ1v) is 5.68. The van der Waals surface area contributed by atoms with Crippen LogP contribution in [0.5, 0.6) is 0 Å². The van der Waals surface area contributed by atoms with Crippen LogP contribution in [0.25, 0.3) is 0 Å². The molecular formula is C13H20O2. The van der Waals surface area contributed by atoms with Gasteiger partial charge in [0.15, 0.2) is 0 Å². The zero-order valence-corrected chi connectivity index (χ0v) is 9.10. The predicted octanol–water partition coefficient (Wildman–Crippen LogP) is 2.66. The molecule has 2 nitrogen and oxygen atoms in total. The standard InChI is InChI=1S/C13H20O2/c14-11-7-2-1-6-10-13(15)12-8-4-3-5-9-12/h3-5,8-9,13-15H,1-2,6-7,10-11H2. The lowest BCUT2D eigenvalue weighted by Crippen LogP contribution is -1.97. The summed E-state index contributed by atoms with van der Waals surface area (Å²) in [5.41, 5.74) is 1.000. The van der Waals surface area contributed by atoms with Crippen molar-refractivity contribution < 1.29 is 10.2 Å². The van der Waals surface area contributed by atoms with Gasteiger partial charge in [-0.15, -0.1) is 0 Å². The summed E-state index contributed by atoms with van der Waals surface area (Å²) >= 11 is 0. The number of rotatable bonds is 7. The summed E-state index contributed by atoms with van der Waals surface area (Å²) in [6.45, 7) is 0.279. The first-order chi connectivity index (χ1) is 7.34. The SMILES string of the molecule is OCCCCCCC(O)c1ccccc1. The highest BCUT2D eigenvalue weighted by Gasteiger charge is 2.05. The largest absolute Gasteiger partial charge is 0.396 e. The molecule has 1 atom stereocenters. The number of aliphatic hydroxyl groups excluding tert-OH is 2. The fourth-order valence-electron chi connectivity index (χ4n) is 1.64. The van der Waals surface area contributed by atoms with E-state index >= 15 is 0 Å². The molecule has 0 spiro atoms. The summed E-state index contributed by atoms with van der Waals surface area (Å²) in [6, 6.07) is 9.77. The van der Waals surface area contributed by atoms with E-state index in [1.807, 2.05) is 30.3 Å². The summed E-state index contributed by atoms with van der Waals surface area (Å²) in [5, 5.41) is 18.4. The second-order valence-corrected chi connectivity index (χ2v) is 3.85. The lowest BCUT2D eigenvalue weighted by Gasteiger charge is -2.10. The molecule has 0 heterocycles. The van der Waals surface area contributed by atoms with Crippen LogP contribution in [0.15, 0.2) is 30.3 Å². The van der Waals surface area contributed by atoms with Crippen molar-refractivity contribution in [1.29, 1.82) is 0 Å². The first kappa shape index (κ1) is 12.2. The van der Waals surface area contributed by atoms with Crippen LogP contribution < -0.4 is 0 Å². The normalized spacial score (nSPS) is 12.7. The van der Waals surface area contributed by atoms with Crippen LogP contribution in [0, 0.1) is 0 Å². The maximum atomic E-state index is 9.83. The van der Waals surface area contributed by atoms with Crippen molar-refractivity contribution in [2.75, 3.05) is 6.61 Å². The molecule has 0 amide bonds. The molecule has 0 fully saturated rings. The number of hydrogen-bond acceptors (Lipinski definition) is 2. The Morgan fingerprint density at radius 3 is 2.27 bits per heavy atom. The fourth-order valence-corrected chi connectivity index (χ4v) is 1.64. The quantitative estimate of drug-likeness (QED) is 0.676. The predicted molar refractivity (Wildman–Crippen MR) is 61.6 cm³/mol. The molecule has 1 rings (SSSR count). The van der Waals surface area contributed by atoms with Gasteiger partial charge in [0.1, 0.15) is 0 Å². The molecule has 0 bridgehead atoms. The summed E-state index contributed by atoms with van der Waals surface area (Å²) in [4.78, 5) is 0. The van der Waals surface area contributed by atoms with Crippen molar-refractivity contribution in [2.24, 2.45) is 0 Å². The Kier molecular flexibility index (Phi) is 6.05. The van der Waals surface area contributed by atoms with Crippen LogP contribution in [-0.2, 0) is 0 Å². The Bertz CT molecular complexity index is 246. The minimum Gasteiger partial charge on any atom is -0.396 e. The average Bonchev–Trinajstić information content (AvgIpc) is 2.30. The molecular weight excluding hydrogens is 188 g/mol. The minimum atomic E-state index is -0.333. The van der Waals surface area contributed by atoms with E-state index in [0.29, 0.717) is 0 Å². The highest BCUT2D eigenvalue weighted by molar-refractivity contribution is 5.16. The van der Waals surface area contributed by atoms with E-state index in [9.17, 15) is 5.11 Å². The van der Waals surface area contributed by atoms with Gasteiger partial charge in [0, 0.05) is 6.61 Å². The van der Waals surface area contributed by atoms with Gasteiger partial charge in [0.2, 0.25) is 0 Å². The lowest BCUT2D eigenvalue weighted by molar-refractivity contribution is 0.163. The topological polar surface area (TPSA) is 40.5 Å². The third-order valence-electron chi connectivity index (χ3n) is 2.57. The van der Waals surface area contributed by atoms with Crippen LogP contribution >= 0.6 is 0 Å². The molecule has 0 aromatic heterocycles. The second kappa shape index (κ2) is 7.43. The van der Waals surface area contributed by atoms with E-state index < -0.39 is 0 Å². The Morgan fingerprint density at radius 2 is 1.60 bits per heavy atom. The van der Waals surface area contributed by atoms with Crippen molar-refractivity contribution in [3.8, 4) is 0 Å². The smallest absolute Gasteiger partial charge is 0.0790 e. The van der Waals surface area contributed by atoms with Gasteiger partial charge in [-0.05, 0) is 18.4 Å². The number of aliphatic hydroxyl groups is 2. The van der Waals surface area contributed by atoms with E-state index in [1.165, 1.54) is 0 Å². The maximum absolute atomic E-state index is 9.83. The van der Waals surface area contributed by atoms with Gasteiger partial charge in [0.25, 0.3) is 0 Å². The molecule has 0 saturated carbocycles. The van der Waals surface area contributed by atoms with Gasteiger partial charge < -0.3 is 10.2 Å². The first-order valence-electron chi connectivity index (χ1n) is 5.68. The van der Waals surface area contributed by atoms with Crippen molar-refractivity contribution in [2.45, 2.75) is 38.2 Å². The molecule has 0 aliphatic carbocycles.